The monoisotopic (exact) mass is 545 g/mol. The number of rotatable bonds is 7. The summed E-state index contributed by atoms with van der Waals surface area (Å²) >= 11 is 0. The molecule has 0 bridgehead atoms. The van der Waals surface area contributed by atoms with Gasteiger partial charge in [-0.05, 0) is 43.2 Å². The zero-order chi connectivity index (χ0) is 26.6. The summed E-state index contributed by atoms with van der Waals surface area (Å²) in [6, 6.07) is 20.2. The van der Waals surface area contributed by atoms with Crippen molar-refractivity contribution in [3.63, 3.8) is 0 Å². The molecule has 1 fully saturated rings. The number of hydrogen-bond donors (Lipinski definition) is 1. The van der Waals surface area contributed by atoms with Gasteiger partial charge in [-0.1, -0.05) is 55.3 Å². The molecule has 0 unspecified atom stereocenters. The van der Waals surface area contributed by atoms with Crippen molar-refractivity contribution in [1.29, 1.82) is 0 Å². The standard InChI is InChI=1S/C31H35N5O2.ClH/c1-4-5-15-32-30(37)24-12-14-27(33-21-24)35-16-18-36(19-17-35)31(38)28-25-20-22(2)11-13-26(25)34(3)29(28)23-9-7-6-8-10-23;/h6-14,20-21H,4-5,15-19H2,1-3H3,(H,32,37);1H. The Balaban J connectivity index is 0.00000353. The summed E-state index contributed by atoms with van der Waals surface area (Å²) in [5.41, 5.74) is 5.51. The van der Waals surface area contributed by atoms with Gasteiger partial charge in [0.15, 0.2) is 0 Å². The van der Waals surface area contributed by atoms with Gasteiger partial charge in [-0.25, -0.2) is 4.98 Å². The Labute approximate surface area is 236 Å². The number of pyridine rings is 1. The van der Waals surface area contributed by atoms with Crippen molar-refractivity contribution in [2.24, 2.45) is 7.05 Å². The molecule has 0 spiro atoms. The Bertz CT molecular complexity index is 1440. The molecule has 1 N–H and O–H groups in total. The number of aromatic nitrogens is 2. The number of anilines is 1. The summed E-state index contributed by atoms with van der Waals surface area (Å²) in [5, 5.41) is 3.92. The predicted octanol–water partition coefficient (Wildman–Crippen LogP) is 5.46. The fourth-order valence-corrected chi connectivity index (χ4v) is 5.19. The SMILES string of the molecule is CCCCNC(=O)c1ccc(N2CCN(C(=O)c3c(-c4ccccc4)n(C)c4ccc(C)cc34)CC2)nc1.Cl. The smallest absolute Gasteiger partial charge is 0.256 e. The molecule has 7 nitrogen and oxygen atoms in total. The van der Waals surface area contributed by atoms with Crippen molar-refractivity contribution < 1.29 is 9.59 Å². The highest BCUT2D eigenvalue weighted by Gasteiger charge is 2.29. The van der Waals surface area contributed by atoms with Crippen LogP contribution >= 0.6 is 12.4 Å². The Morgan fingerprint density at radius 1 is 0.974 bits per heavy atom. The number of carbonyl (C=O) groups is 2. The Hall–Kier alpha value is -3.84. The van der Waals surface area contributed by atoms with E-state index in [-0.39, 0.29) is 24.2 Å². The zero-order valence-electron chi connectivity index (χ0n) is 22.8. The van der Waals surface area contributed by atoms with E-state index < -0.39 is 0 Å². The summed E-state index contributed by atoms with van der Waals surface area (Å²) < 4.78 is 2.14. The number of nitrogens with one attached hydrogen (secondary N) is 1. The molecule has 1 aliphatic heterocycles. The van der Waals surface area contributed by atoms with Gasteiger partial charge in [0.2, 0.25) is 0 Å². The lowest BCUT2D eigenvalue weighted by Crippen LogP contribution is -2.49. The molecule has 1 saturated heterocycles. The first kappa shape index (κ1) is 28.2. The molecule has 0 saturated carbocycles. The van der Waals surface area contributed by atoms with Crippen molar-refractivity contribution in [1.82, 2.24) is 19.8 Å². The Kier molecular flexibility index (Phi) is 8.92. The van der Waals surface area contributed by atoms with Gasteiger partial charge in [0.05, 0.1) is 16.8 Å². The van der Waals surface area contributed by atoms with E-state index in [1.54, 1.807) is 6.20 Å². The molecule has 5 rings (SSSR count). The van der Waals surface area contributed by atoms with Crippen LogP contribution in [-0.2, 0) is 7.05 Å². The number of nitrogens with zero attached hydrogens (tertiary/aromatic N) is 4. The first-order chi connectivity index (χ1) is 18.5. The Morgan fingerprint density at radius 2 is 1.72 bits per heavy atom. The number of benzene rings is 2. The van der Waals surface area contributed by atoms with Gasteiger partial charge in [-0.2, -0.15) is 0 Å². The quantitative estimate of drug-likeness (QED) is 0.313. The second kappa shape index (κ2) is 12.3. The minimum Gasteiger partial charge on any atom is -0.353 e. The van der Waals surface area contributed by atoms with E-state index in [2.05, 4.69) is 63.9 Å². The van der Waals surface area contributed by atoms with Crippen LogP contribution in [0.15, 0.2) is 66.9 Å². The van der Waals surface area contributed by atoms with Crippen LogP contribution in [0.5, 0.6) is 0 Å². The molecular weight excluding hydrogens is 510 g/mol. The first-order valence-corrected chi connectivity index (χ1v) is 13.4. The van der Waals surface area contributed by atoms with Crippen molar-refractivity contribution in [2.45, 2.75) is 26.7 Å². The second-order valence-corrected chi connectivity index (χ2v) is 9.96. The summed E-state index contributed by atoms with van der Waals surface area (Å²) in [6.07, 6.45) is 3.64. The lowest BCUT2D eigenvalue weighted by molar-refractivity contribution is 0.0748. The van der Waals surface area contributed by atoms with Crippen LogP contribution in [0.1, 0.15) is 46.0 Å². The summed E-state index contributed by atoms with van der Waals surface area (Å²) in [4.78, 5) is 35.0. The number of amides is 2. The maximum atomic E-state index is 14.0. The van der Waals surface area contributed by atoms with Gasteiger partial charge < -0.3 is 19.7 Å². The first-order valence-electron chi connectivity index (χ1n) is 13.4. The molecule has 39 heavy (non-hydrogen) atoms. The van der Waals surface area contributed by atoms with Gasteiger partial charge >= 0.3 is 0 Å². The van der Waals surface area contributed by atoms with E-state index in [0.29, 0.717) is 38.3 Å². The van der Waals surface area contributed by atoms with E-state index in [0.717, 1.165) is 51.9 Å². The number of hydrogen-bond acceptors (Lipinski definition) is 4. The highest BCUT2D eigenvalue weighted by atomic mass is 35.5. The van der Waals surface area contributed by atoms with Crippen LogP contribution in [0, 0.1) is 6.92 Å². The van der Waals surface area contributed by atoms with Gasteiger partial charge in [0, 0.05) is 56.9 Å². The maximum absolute atomic E-state index is 14.0. The number of unbranched alkanes of at least 4 members (excludes halogenated alkanes) is 1. The van der Waals surface area contributed by atoms with Crippen LogP contribution in [0.25, 0.3) is 22.2 Å². The highest BCUT2D eigenvalue weighted by Crippen LogP contribution is 2.35. The summed E-state index contributed by atoms with van der Waals surface area (Å²) in [7, 11) is 2.04. The lowest BCUT2D eigenvalue weighted by atomic mass is 10.0. The van der Waals surface area contributed by atoms with Crippen molar-refractivity contribution in [3.05, 3.63) is 83.6 Å². The van der Waals surface area contributed by atoms with Crippen LogP contribution in [0.2, 0.25) is 0 Å². The number of carbonyl (C=O) groups excluding carboxylic acids is 2. The van der Waals surface area contributed by atoms with Crippen LogP contribution in [-0.4, -0.2) is 59.0 Å². The largest absolute Gasteiger partial charge is 0.353 e. The molecule has 2 amide bonds. The normalized spacial score (nSPS) is 13.3. The molecular formula is C31H36ClN5O2. The molecule has 1 aliphatic rings. The van der Waals surface area contributed by atoms with Crippen LogP contribution in [0.3, 0.4) is 0 Å². The molecule has 2 aromatic carbocycles. The van der Waals surface area contributed by atoms with Crippen LogP contribution in [0.4, 0.5) is 5.82 Å². The van der Waals surface area contributed by atoms with Gasteiger partial charge in [-0.3, -0.25) is 9.59 Å². The molecule has 8 heteroatoms. The fourth-order valence-electron chi connectivity index (χ4n) is 5.19. The summed E-state index contributed by atoms with van der Waals surface area (Å²) in [6.45, 7) is 7.42. The molecule has 0 radical (unpaired) electrons. The highest BCUT2D eigenvalue weighted by molar-refractivity contribution is 6.13. The van der Waals surface area contributed by atoms with E-state index in [1.807, 2.05) is 42.3 Å². The maximum Gasteiger partial charge on any atom is 0.256 e. The minimum atomic E-state index is -0.0903. The number of halogens is 1. The fraction of sp³-hybridized carbons (Fsp3) is 0.323. The number of fused-ring (bicyclic) bond motifs is 1. The van der Waals surface area contributed by atoms with E-state index in [9.17, 15) is 9.59 Å². The lowest BCUT2D eigenvalue weighted by Gasteiger charge is -2.35. The topological polar surface area (TPSA) is 70.5 Å². The van der Waals surface area contributed by atoms with E-state index >= 15 is 0 Å². The third-order valence-electron chi connectivity index (χ3n) is 7.33. The van der Waals surface area contributed by atoms with Gasteiger partial charge in [0.1, 0.15) is 5.82 Å². The molecule has 0 atom stereocenters. The van der Waals surface area contributed by atoms with Gasteiger partial charge in [-0.15, -0.1) is 12.4 Å². The van der Waals surface area contributed by atoms with Gasteiger partial charge in [0.25, 0.3) is 11.8 Å². The minimum absolute atomic E-state index is 0. The predicted molar refractivity (Wildman–Crippen MR) is 160 cm³/mol. The molecule has 2 aromatic heterocycles. The summed E-state index contributed by atoms with van der Waals surface area (Å²) in [5.74, 6) is 0.798. The number of aryl methyl sites for hydroxylation is 2. The van der Waals surface area contributed by atoms with Crippen molar-refractivity contribution >= 4 is 40.9 Å². The second-order valence-electron chi connectivity index (χ2n) is 9.96. The zero-order valence-corrected chi connectivity index (χ0v) is 23.6. The van der Waals surface area contributed by atoms with E-state index in [4.69, 9.17) is 0 Å². The van der Waals surface area contributed by atoms with Crippen molar-refractivity contribution in [2.75, 3.05) is 37.6 Å². The third kappa shape index (κ3) is 5.78. The molecule has 204 valence electrons. The molecule has 3 heterocycles. The van der Waals surface area contributed by atoms with Crippen LogP contribution < -0.4 is 10.2 Å². The third-order valence-corrected chi connectivity index (χ3v) is 7.33. The average Bonchev–Trinajstić information content (AvgIpc) is 3.24. The molecule has 0 aliphatic carbocycles. The average molecular weight is 546 g/mol. The van der Waals surface area contributed by atoms with E-state index in [1.165, 1.54) is 0 Å². The molecule has 4 aromatic rings. The Morgan fingerprint density at radius 3 is 2.38 bits per heavy atom. The number of piperazine rings is 1. The van der Waals surface area contributed by atoms with Crippen molar-refractivity contribution in [3.8, 4) is 11.3 Å².